The molecule has 0 saturated heterocycles. The molecule has 0 bridgehead atoms. The Morgan fingerprint density at radius 3 is 2.13 bits per heavy atom. The molecule has 0 radical (unpaired) electrons. The van der Waals surface area contributed by atoms with Crippen molar-refractivity contribution in [3.63, 3.8) is 0 Å². The van der Waals surface area contributed by atoms with Gasteiger partial charge < -0.3 is 15.2 Å². The highest BCUT2D eigenvalue weighted by Gasteiger charge is 2.40. The first-order chi connectivity index (χ1) is 14.8. The Hall–Kier alpha value is -3.02. The summed E-state index contributed by atoms with van der Waals surface area (Å²) in [5, 5.41) is 12.5. The van der Waals surface area contributed by atoms with Crippen LogP contribution in [-0.4, -0.2) is 23.8 Å². The molecule has 1 amide bonds. The third-order valence-electron chi connectivity index (χ3n) is 5.61. The molecule has 5 nitrogen and oxygen atoms in total. The molecule has 1 atom stereocenters. The summed E-state index contributed by atoms with van der Waals surface area (Å²) in [4.78, 5) is 24.7. The molecule has 31 heavy (non-hydrogen) atoms. The normalized spacial score (nSPS) is 14.3. The van der Waals surface area contributed by atoms with Crippen LogP contribution >= 0.6 is 23.2 Å². The van der Waals surface area contributed by atoms with Gasteiger partial charge in [-0.1, -0.05) is 83.9 Å². The second-order valence-corrected chi connectivity index (χ2v) is 8.27. The monoisotopic (exact) mass is 455 g/mol. The lowest BCUT2D eigenvalue weighted by Crippen LogP contribution is -2.50. The standard InChI is InChI=1S/C24H19Cl2NO4/c1-24(22(28)29,19-11-6-12-20(25)21(19)26)27-23(30)31-13-18-16-9-4-2-7-14(16)15-8-3-5-10-17(15)18/h2-12,18H,13H2,1H3,(H,27,30)(H,28,29). The predicted molar refractivity (Wildman–Crippen MR) is 120 cm³/mol. The summed E-state index contributed by atoms with van der Waals surface area (Å²) < 4.78 is 5.49. The van der Waals surface area contributed by atoms with E-state index >= 15 is 0 Å². The molecule has 1 unspecified atom stereocenters. The van der Waals surface area contributed by atoms with Gasteiger partial charge in [-0.05, 0) is 35.2 Å². The first-order valence-corrected chi connectivity index (χ1v) is 10.4. The Kier molecular flexibility index (Phi) is 5.65. The molecule has 3 aromatic rings. The van der Waals surface area contributed by atoms with E-state index in [1.807, 2.05) is 48.5 Å². The summed E-state index contributed by atoms with van der Waals surface area (Å²) >= 11 is 12.2. The number of ether oxygens (including phenoxy) is 1. The predicted octanol–water partition coefficient (Wildman–Crippen LogP) is 5.83. The molecule has 0 saturated carbocycles. The van der Waals surface area contributed by atoms with Gasteiger partial charge in [0.25, 0.3) is 0 Å². The van der Waals surface area contributed by atoms with Crippen LogP contribution in [-0.2, 0) is 15.1 Å². The fourth-order valence-corrected chi connectivity index (χ4v) is 4.45. The molecular formula is C24H19Cl2NO4. The van der Waals surface area contributed by atoms with E-state index in [1.54, 1.807) is 12.1 Å². The molecular weight excluding hydrogens is 437 g/mol. The third kappa shape index (κ3) is 3.75. The zero-order chi connectivity index (χ0) is 22.2. The number of carboxylic acids is 1. The van der Waals surface area contributed by atoms with E-state index in [4.69, 9.17) is 27.9 Å². The molecule has 1 aliphatic rings. The molecule has 158 valence electrons. The molecule has 0 fully saturated rings. The molecule has 4 rings (SSSR count). The maximum Gasteiger partial charge on any atom is 0.408 e. The van der Waals surface area contributed by atoms with Gasteiger partial charge in [-0.2, -0.15) is 0 Å². The number of alkyl carbamates (subject to hydrolysis) is 1. The first kappa shape index (κ1) is 21.2. The molecule has 0 aromatic heterocycles. The smallest absolute Gasteiger partial charge is 0.408 e. The van der Waals surface area contributed by atoms with Gasteiger partial charge in [0.1, 0.15) is 6.61 Å². The van der Waals surface area contributed by atoms with E-state index in [9.17, 15) is 14.7 Å². The van der Waals surface area contributed by atoms with E-state index in [0.29, 0.717) is 0 Å². The van der Waals surface area contributed by atoms with Crippen LogP contribution in [0.1, 0.15) is 29.5 Å². The minimum atomic E-state index is -1.81. The van der Waals surface area contributed by atoms with Crippen molar-refractivity contribution >= 4 is 35.3 Å². The van der Waals surface area contributed by atoms with E-state index < -0.39 is 17.6 Å². The van der Waals surface area contributed by atoms with Crippen LogP contribution in [0.25, 0.3) is 11.1 Å². The summed E-state index contributed by atoms with van der Waals surface area (Å²) in [6.45, 7) is 1.41. The highest BCUT2D eigenvalue weighted by Crippen LogP contribution is 2.44. The molecule has 0 aliphatic heterocycles. The summed E-state index contributed by atoms with van der Waals surface area (Å²) in [7, 11) is 0. The number of aliphatic carboxylic acids is 1. The third-order valence-corrected chi connectivity index (χ3v) is 6.43. The fraction of sp³-hybridized carbons (Fsp3) is 0.167. The van der Waals surface area contributed by atoms with Crippen molar-refractivity contribution in [1.29, 1.82) is 0 Å². The maximum absolute atomic E-state index is 12.6. The maximum atomic E-state index is 12.6. The average Bonchev–Trinajstić information content (AvgIpc) is 3.08. The molecule has 2 N–H and O–H groups in total. The van der Waals surface area contributed by atoms with Gasteiger partial charge in [0.2, 0.25) is 0 Å². The number of benzene rings is 3. The number of hydrogen-bond donors (Lipinski definition) is 2. The number of carboxylic acid groups (broad SMARTS) is 1. The van der Waals surface area contributed by atoms with Crippen LogP contribution < -0.4 is 5.32 Å². The average molecular weight is 456 g/mol. The number of carbonyl (C=O) groups excluding carboxylic acids is 1. The van der Waals surface area contributed by atoms with Crippen LogP contribution in [0.2, 0.25) is 10.0 Å². The van der Waals surface area contributed by atoms with Crippen LogP contribution in [0.15, 0.2) is 66.7 Å². The lowest BCUT2D eigenvalue weighted by atomic mass is 9.92. The zero-order valence-corrected chi connectivity index (χ0v) is 18.1. The molecule has 1 aliphatic carbocycles. The van der Waals surface area contributed by atoms with Crippen LogP contribution in [0.3, 0.4) is 0 Å². The highest BCUT2D eigenvalue weighted by molar-refractivity contribution is 6.42. The second kappa shape index (κ2) is 8.25. The van der Waals surface area contributed by atoms with Crippen molar-refractivity contribution in [3.05, 3.63) is 93.5 Å². The number of nitrogens with one attached hydrogen (secondary N) is 1. The zero-order valence-electron chi connectivity index (χ0n) is 16.6. The SMILES string of the molecule is CC(NC(=O)OCC1c2ccccc2-c2ccccc21)(C(=O)O)c1cccc(Cl)c1Cl. The number of halogens is 2. The van der Waals surface area contributed by atoms with E-state index in [0.717, 1.165) is 22.3 Å². The van der Waals surface area contributed by atoms with Crippen molar-refractivity contribution in [2.45, 2.75) is 18.4 Å². The van der Waals surface area contributed by atoms with E-state index in [2.05, 4.69) is 5.32 Å². The summed E-state index contributed by atoms with van der Waals surface area (Å²) in [6, 6.07) is 20.5. The molecule has 0 heterocycles. The number of fused-ring (bicyclic) bond motifs is 3. The first-order valence-electron chi connectivity index (χ1n) is 9.64. The molecule has 3 aromatic carbocycles. The van der Waals surface area contributed by atoms with E-state index in [1.165, 1.54) is 13.0 Å². The summed E-state index contributed by atoms with van der Waals surface area (Å²) in [5.41, 5.74) is 2.69. The van der Waals surface area contributed by atoms with Gasteiger partial charge in [-0.3, -0.25) is 0 Å². The lowest BCUT2D eigenvalue weighted by Gasteiger charge is -2.28. The van der Waals surface area contributed by atoms with Gasteiger partial charge in [0.05, 0.1) is 10.0 Å². The van der Waals surface area contributed by atoms with Crippen LogP contribution in [0.4, 0.5) is 4.79 Å². The highest BCUT2D eigenvalue weighted by atomic mass is 35.5. The Morgan fingerprint density at radius 2 is 1.55 bits per heavy atom. The Morgan fingerprint density at radius 1 is 0.968 bits per heavy atom. The van der Waals surface area contributed by atoms with Gasteiger partial charge in [0, 0.05) is 11.5 Å². The van der Waals surface area contributed by atoms with Crippen molar-refractivity contribution in [3.8, 4) is 11.1 Å². The minimum Gasteiger partial charge on any atom is -0.479 e. The van der Waals surface area contributed by atoms with Crippen molar-refractivity contribution in [2.75, 3.05) is 6.61 Å². The fourth-order valence-electron chi connectivity index (χ4n) is 3.96. The van der Waals surface area contributed by atoms with Gasteiger partial charge >= 0.3 is 12.1 Å². The minimum absolute atomic E-state index is 0.0630. The number of carbonyl (C=O) groups is 2. The Bertz CT molecular complexity index is 1130. The van der Waals surface area contributed by atoms with E-state index in [-0.39, 0.29) is 28.1 Å². The van der Waals surface area contributed by atoms with Gasteiger partial charge in [-0.25, -0.2) is 9.59 Å². The quantitative estimate of drug-likeness (QED) is 0.507. The largest absolute Gasteiger partial charge is 0.479 e. The van der Waals surface area contributed by atoms with Crippen molar-refractivity contribution < 1.29 is 19.4 Å². The van der Waals surface area contributed by atoms with Crippen LogP contribution in [0.5, 0.6) is 0 Å². The Balaban J connectivity index is 1.55. The Labute approximate surface area is 189 Å². The topological polar surface area (TPSA) is 75.6 Å². The number of hydrogen-bond acceptors (Lipinski definition) is 3. The summed E-state index contributed by atoms with van der Waals surface area (Å²) in [6.07, 6.45) is -0.859. The molecule has 7 heteroatoms. The second-order valence-electron chi connectivity index (χ2n) is 7.48. The lowest BCUT2D eigenvalue weighted by molar-refractivity contribution is -0.144. The molecule has 0 spiro atoms. The van der Waals surface area contributed by atoms with Crippen molar-refractivity contribution in [2.24, 2.45) is 0 Å². The number of amides is 1. The van der Waals surface area contributed by atoms with Crippen molar-refractivity contribution in [1.82, 2.24) is 5.32 Å². The number of rotatable bonds is 5. The van der Waals surface area contributed by atoms with Gasteiger partial charge in [-0.15, -0.1) is 0 Å². The summed E-state index contributed by atoms with van der Waals surface area (Å²) in [5.74, 6) is -1.42. The van der Waals surface area contributed by atoms with Gasteiger partial charge in [0.15, 0.2) is 5.54 Å². The van der Waals surface area contributed by atoms with Crippen LogP contribution in [0, 0.1) is 0 Å².